The number of rotatable bonds is 3. The first-order valence-corrected chi connectivity index (χ1v) is 6.10. The molecule has 0 radical (unpaired) electrons. The second-order valence-electron chi connectivity index (χ2n) is 4.19. The van der Waals surface area contributed by atoms with Gasteiger partial charge in [0.05, 0.1) is 19.1 Å². The Labute approximate surface area is 116 Å². The van der Waals surface area contributed by atoms with Gasteiger partial charge in [0.2, 0.25) is 0 Å². The van der Waals surface area contributed by atoms with E-state index in [9.17, 15) is 4.79 Å². The molecule has 1 N–H and O–H groups in total. The molecule has 1 aromatic heterocycles. The Morgan fingerprint density at radius 3 is 2.63 bits per heavy atom. The highest BCUT2D eigenvalue weighted by Crippen LogP contribution is 2.31. The molecule has 4 nitrogen and oxygen atoms in total. The van der Waals surface area contributed by atoms with Crippen LogP contribution < -0.4 is 10.1 Å². The SMILES string of the molecule is COc1cc(Cl)c(C)cc1NC(=O)c1occc1C. The summed E-state index contributed by atoms with van der Waals surface area (Å²) in [6.07, 6.45) is 1.48. The summed E-state index contributed by atoms with van der Waals surface area (Å²) in [4.78, 5) is 12.1. The topological polar surface area (TPSA) is 51.5 Å². The Morgan fingerprint density at radius 2 is 2.05 bits per heavy atom. The van der Waals surface area contributed by atoms with Crippen LogP contribution in [0.5, 0.6) is 5.75 Å². The molecular formula is C14H14ClNO3. The zero-order chi connectivity index (χ0) is 14.0. The lowest BCUT2D eigenvalue weighted by molar-refractivity contribution is 0.0995. The fourth-order valence-electron chi connectivity index (χ4n) is 1.71. The lowest BCUT2D eigenvalue weighted by Crippen LogP contribution is -2.13. The molecule has 2 rings (SSSR count). The van der Waals surface area contributed by atoms with E-state index in [0.29, 0.717) is 16.5 Å². The van der Waals surface area contributed by atoms with Crippen LogP contribution >= 0.6 is 11.6 Å². The number of anilines is 1. The van der Waals surface area contributed by atoms with Crippen LogP contribution in [0.1, 0.15) is 21.7 Å². The van der Waals surface area contributed by atoms with Gasteiger partial charge in [0.15, 0.2) is 5.76 Å². The molecule has 0 spiro atoms. The Hall–Kier alpha value is -1.94. The van der Waals surface area contributed by atoms with Gasteiger partial charge in [-0.1, -0.05) is 11.6 Å². The first-order valence-electron chi connectivity index (χ1n) is 5.72. The lowest BCUT2D eigenvalue weighted by Gasteiger charge is -2.11. The quantitative estimate of drug-likeness (QED) is 0.929. The number of carbonyl (C=O) groups excluding carboxylic acids is 1. The van der Waals surface area contributed by atoms with Crippen molar-refractivity contribution in [2.75, 3.05) is 12.4 Å². The van der Waals surface area contributed by atoms with Crippen LogP contribution in [0.15, 0.2) is 28.9 Å². The molecule has 2 aromatic rings. The average Bonchev–Trinajstić information content (AvgIpc) is 2.79. The number of hydrogen-bond acceptors (Lipinski definition) is 3. The summed E-state index contributed by atoms with van der Waals surface area (Å²) in [7, 11) is 1.52. The van der Waals surface area contributed by atoms with Gasteiger partial charge in [-0.2, -0.15) is 0 Å². The second kappa shape index (κ2) is 5.36. The van der Waals surface area contributed by atoms with Crippen molar-refractivity contribution in [1.82, 2.24) is 0 Å². The number of ether oxygens (including phenoxy) is 1. The van der Waals surface area contributed by atoms with E-state index in [-0.39, 0.29) is 11.7 Å². The van der Waals surface area contributed by atoms with Gasteiger partial charge < -0.3 is 14.5 Å². The summed E-state index contributed by atoms with van der Waals surface area (Å²) < 4.78 is 10.3. The van der Waals surface area contributed by atoms with Crippen LogP contribution in [0.2, 0.25) is 5.02 Å². The van der Waals surface area contributed by atoms with Gasteiger partial charge in [-0.15, -0.1) is 0 Å². The maximum Gasteiger partial charge on any atom is 0.291 e. The highest BCUT2D eigenvalue weighted by atomic mass is 35.5. The number of halogens is 1. The van der Waals surface area contributed by atoms with E-state index in [0.717, 1.165) is 11.1 Å². The standard InChI is InChI=1S/C14H14ClNO3/c1-8-4-5-19-13(8)14(17)16-11-6-9(2)10(15)7-12(11)18-3/h4-7H,1-3H3,(H,16,17). The summed E-state index contributed by atoms with van der Waals surface area (Å²) >= 11 is 6.01. The molecule has 1 heterocycles. The van der Waals surface area contributed by atoms with Crippen LogP contribution in [0, 0.1) is 13.8 Å². The van der Waals surface area contributed by atoms with E-state index >= 15 is 0 Å². The molecule has 0 aliphatic rings. The number of hydrogen-bond donors (Lipinski definition) is 1. The number of amides is 1. The van der Waals surface area contributed by atoms with Crippen molar-refractivity contribution in [3.8, 4) is 5.75 Å². The Morgan fingerprint density at radius 1 is 1.32 bits per heavy atom. The first-order chi connectivity index (χ1) is 9.02. The van der Waals surface area contributed by atoms with Gasteiger partial charge >= 0.3 is 0 Å². The Balaban J connectivity index is 2.31. The highest BCUT2D eigenvalue weighted by Gasteiger charge is 2.15. The van der Waals surface area contributed by atoms with Crippen LogP contribution in [0.4, 0.5) is 5.69 Å². The minimum atomic E-state index is -0.317. The second-order valence-corrected chi connectivity index (χ2v) is 4.60. The predicted molar refractivity (Wildman–Crippen MR) is 74.1 cm³/mol. The third-order valence-corrected chi connectivity index (χ3v) is 3.20. The monoisotopic (exact) mass is 279 g/mol. The number of aryl methyl sites for hydroxylation is 2. The Kier molecular flexibility index (Phi) is 3.81. The van der Waals surface area contributed by atoms with Crippen LogP contribution in [0.3, 0.4) is 0 Å². The molecule has 0 bridgehead atoms. The molecule has 100 valence electrons. The number of carbonyl (C=O) groups is 1. The molecule has 0 aliphatic carbocycles. The molecule has 0 atom stereocenters. The molecule has 19 heavy (non-hydrogen) atoms. The summed E-state index contributed by atoms with van der Waals surface area (Å²) in [6.45, 7) is 3.67. The van der Waals surface area contributed by atoms with Crippen molar-refractivity contribution < 1.29 is 13.9 Å². The van der Waals surface area contributed by atoms with Crippen LogP contribution in [-0.4, -0.2) is 13.0 Å². The van der Waals surface area contributed by atoms with Gasteiger partial charge in [0, 0.05) is 16.7 Å². The van der Waals surface area contributed by atoms with E-state index in [2.05, 4.69) is 5.32 Å². The van der Waals surface area contributed by atoms with Crippen LogP contribution in [0.25, 0.3) is 0 Å². The number of benzene rings is 1. The molecule has 0 fully saturated rings. The molecule has 0 aliphatic heterocycles. The summed E-state index contributed by atoms with van der Waals surface area (Å²) in [5.41, 5.74) is 2.20. The predicted octanol–water partition coefficient (Wildman–Crippen LogP) is 3.81. The third-order valence-electron chi connectivity index (χ3n) is 2.80. The van der Waals surface area contributed by atoms with E-state index < -0.39 is 0 Å². The fourth-order valence-corrected chi connectivity index (χ4v) is 1.87. The molecule has 0 unspecified atom stereocenters. The minimum absolute atomic E-state index is 0.287. The van der Waals surface area contributed by atoms with Gasteiger partial charge in [-0.3, -0.25) is 4.79 Å². The number of furan rings is 1. The fraction of sp³-hybridized carbons (Fsp3) is 0.214. The Bertz CT molecular complexity index is 619. The molecule has 1 aromatic carbocycles. The van der Waals surface area contributed by atoms with E-state index in [4.69, 9.17) is 20.8 Å². The van der Waals surface area contributed by atoms with Gasteiger partial charge in [-0.25, -0.2) is 0 Å². The van der Waals surface area contributed by atoms with Crippen molar-refractivity contribution >= 4 is 23.2 Å². The summed E-state index contributed by atoms with van der Waals surface area (Å²) in [5.74, 6) is 0.477. The van der Waals surface area contributed by atoms with Crippen molar-refractivity contribution in [3.63, 3.8) is 0 Å². The van der Waals surface area contributed by atoms with Gasteiger partial charge in [-0.05, 0) is 31.5 Å². The normalized spacial score (nSPS) is 10.3. The number of nitrogens with one attached hydrogen (secondary N) is 1. The largest absolute Gasteiger partial charge is 0.495 e. The van der Waals surface area contributed by atoms with Gasteiger partial charge in [0.25, 0.3) is 5.91 Å². The van der Waals surface area contributed by atoms with E-state index in [1.165, 1.54) is 13.4 Å². The van der Waals surface area contributed by atoms with Crippen LogP contribution in [-0.2, 0) is 0 Å². The zero-order valence-corrected chi connectivity index (χ0v) is 11.7. The minimum Gasteiger partial charge on any atom is -0.495 e. The summed E-state index contributed by atoms with van der Waals surface area (Å²) in [5, 5.41) is 3.34. The molecule has 1 amide bonds. The first kappa shape index (κ1) is 13.5. The maximum absolute atomic E-state index is 12.1. The van der Waals surface area contributed by atoms with Crippen molar-refractivity contribution in [2.45, 2.75) is 13.8 Å². The maximum atomic E-state index is 12.1. The zero-order valence-electron chi connectivity index (χ0n) is 10.9. The highest BCUT2D eigenvalue weighted by molar-refractivity contribution is 6.31. The molecule has 0 saturated carbocycles. The van der Waals surface area contributed by atoms with Crippen molar-refractivity contribution in [2.24, 2.45) is 0 Å². The molecule has 0 saturated heterocycles. The van der Waals surface area contributed by atoms with E-state index in [1.807, 2.05) is 13.8 Å². The smallest absolute Gasteiger partial charge is 0.291 e. The average molecular weight is 280 g/mol. The summed E-state index contributed by atoms with van der Waals surface area (Å²) in [6, 6.07) is 5.16. The van der Waals surface area contributed by atoms with E-state index in [1.54, 1.807) is 18.2 Å². The molecular weight excluding hydrogens is 266 g/mol. The van der Waals surface area contributed by atoms with Crippen molar-refractivity contribution in [1.29, 1.82) is 0 Å². The lowest BCUT2D eigenvalue weighted by atomic mass is 10.2. The molecule has 5 heteroatoms. The van der Waals surface area contributed by atoms with Gasteiger partial charge in [0.1, 0.15) is 5.75 Å². The number of methoxy groups -OCH3 is 1. The third kappa shape index (κ3) is 2.74. The van der Waals surface area contributed by atoms with Crippen molar-refractivity contribution in [3.05, 3.63) is 46.4 Å².